The van der Waals surface area contributed by atoms with Crippen LogP contribution in [0, 0.1) is 0 Å². The second-order valence-electron chi connectivity index (χ2n) is 16.9. The molecule has 0 bridgehead atoms. The maximum atomic E-state index is 6.15. The first-order valence-corrected chi connectivity index (χ1v) is 22.6. The molecule has 2 nitrogen and oxygen atoms in total. The lowest BCUT2D eigenvalue weighted by atomic mass is 9.96. The van der Waals surface area contributed by atoms with Crippen molar-refractivity contribution in [2.45, 2.75) is 0 Å². The van der Waals surface area contributed by atoms with Crippen LogP contribution in [-0.2, 0) is 0 Å². The molecule has 0 amide bonds. The van der Waals surface area contributed by atoms with E-state index in [1.165, 1.54) is 49.7 Å². The van der Waals surface area contributed by atoms with Gasteiger partial charge in [-0.3, -0.25) is 0 Å². The summed E-state index contributed by atoms with van der Waals surface area (Å²) < 4.78 is 6.15. The minimum Gasteiger partial charge on any atom is -0.456 e. The number of hydrogen-bond acceptors (Lipinski definition) is 2. The molecule has 66 heavy (non-hydrogen) atoms. The zero-order valence-electron chi connectivity index (χ0n) is 36.2. The van der Waals surface area contributed by atoms with Crippen LogP contribution in [0.5, 0.6) is 0 Å². The second kappa shape index (κ2) is 16.8. The van der Waals surface area contributed by atoms with Crippen molar-refractivity contribution in [2.24, 2.45) is 0 Å². The van der Waals surface area contributed by atoms with Gasteiger partial charge in [-0.05, 0) is 133 Å². The number of rotatable bonds is 9. The van der Waals surface area contributed by atoms with Crippen LogP contribution in [0.15, 0.2) is 265 Å². The van der Waals surface area contributed by atoms with Gasteiger partial charge in [-0.2, -0.15) is 0 Å². The van der Waals surface area contributed by atoms with E-state index in [9.17, 15) is 0 Å². The Morgan fingerprint density at radius 2 is 0.682 bits per heavy atom. The monoisotopic (exact) mass is 841 g/mol. The van der Waals surface area contributed by atoms with Crippen LogP contribution in [0.3, 0.4) is 0 Å². The van der Waals surface area contributed by atoms with Gasteiger partial charge in [-0.25, -0.2) is 0 Å². The normalized spacial score (nSPS) is 11.3. The molecule has 0 spiro atoms. The molecule has 12 aromatic rings. The van der Waals surface area contributed by atoms with Gasteiger partial charge in [0, 0.05) is 27.7 Å². The highest BCUT2D eigenvalue weighted by Crippen LogP contribution is 2.43. The van der Waals surface area contributed by atoms with Crippen molar-refractivity contribution >= 4 is 49.8 Å². The fourth-order valence-corrected chi connectivity index (χ4v) is 9.43. The SMILES string of the molecule is c1ccc(-c2ccc(-c3ccccc3N(c3ccc(-c4ccc(-c5cccc(-c6ccc7ccccc7c6)c5)cc4)cc3)c3ccc(-c4ccc5oc6ccccc6c5c4)cc3)cc2)cc1. The first-order chi connectivity index (χ1) is 32.7. The van der Waals surface area contributed by atoms with Gasteiger partial charge in [0.2, 0.25) is 0 Å². The van der Waals surface area contributed by atoms with Crippen molar-refractivity contribution in [3.05, 3.63) is 261 Å². The Kier molecular flexibility index (Phi) is 9.89. The standard InChI is InChI=1S/C64H43NO/c1-2-11-44(12-3-1)46-25-28-51(29-26-46)59-17-6-8-19-62(59)65(58-38-33-50(34-39-58)56-35-40-64-61(43-56)60-18-7-9-20-63(60)66-64)57-36-31-48(32-37-57)47-21-23-49(24-22-47)53-15-10-16-54(41-53)55-30-27-45-13-4-5-14-52(45)42-55/h1-43H. The minimum absolute atomic E-state index is 0.901. The highest BCUT2D eigenvalue weighted by Gasteiger charge is 2.18. The fourth-order valence-electron chi connectivity index (χ4n) is 9.43. The van der Waals surface area contributed by atoms with Crippen molar-refractivity contribution in [1.82, 2.24) is 0 Å². The van der Waals surface area contributed by atoms with Crippen LogP contribution in [0.2, 0.25) is 0 Å². The molecule has 11 aromatic carbocycles. The summed E-state index contributed by atoms with van der Waals surface area (Å²) in [6.07, 6.45) is 0. The van der Waals surface area contributed by atoms with Crippen molar-refractivity contribution in [3.63, 3.8) is 0 Å². The highest BCUT2D eigenvalue weighted by atomic mass is 16.3. The van der Waals surface area contributed by atoms with Gasteiger partial charge in [0.15, 0.2) is 0 Å². The van der Waals surface area contributed by atoms with Gasteiger partial charge in [-0.15, -0.1) is 0 Å². The summed E-state index contributed by atoms with van der Waals surface area (Å²) in [7, 11) is 0. The molecule has 1 heterocycles. The smallest absolute Gasteiger partial charge is 0.135 e. The summed E-state index contributed by atoms with van der Waals surface area (Å²) in [5, 5.41) is 4.77. The molecule has 0 radical (unpaired) electrons. The van der Waals surface area contributed by atoms with Crippen LogP contribution in [0.1, 0.15) is 0 Å². The molecule has 12 rings (SSSR count). The van der Waals surface area contributed by atoms with Crippen molar-refractivity contribution < 1.29 is 4.42 Å². The maximum Gasteiger partial charge on any atom is 0.135 e. The van der Waals surface area contributed by atoms with E-state index in [1.807, 2.05) is 12.1 Å². The molecule has 0 saturated heterocycles. The Hall–Kier alpha value is -8.72. The molecule has 0 aliphatic heterocycles. The number of fused-ring (bicyclic) bond motifs is 4. The van der Waals surface area contributed by atoms with Gasteiger partial charge in [-0.1, -0.05) is 200 Å². The van der Waals surface area contributed by atoms with Gasteiger partial charge in [0.05, 0.1) is 5.69 Å². The molecular weight excluding hydrogens is 799 g/mol. The van der Waals surface area contributed by atoms with E-state index in [2.05, 4.69) is 254 Å². The third-order valence-electron chi connectivity index (χ3n) is 12.9. The summed E-state index contributed by atoms with van der Waals surface area (Å²) in [6.45, 7) is 0. The Balaban J connectivity index is 0.879. The van der Waals surface area contributed by atoms with E-state index in [1.54, 1.807) is 0 Å². The summed E-state index contributed by atoms with van der Waals surface area (Å²) in [5.41, 5.74) is 19.3. The minimum atomic E-state index is 0.901. The Bertz CT molecular complexity index is 3660. The Labute approximate surface area is 384 Å². The van der Waals surface area contributed by atoms with E-state index in [0.717, 1.165) is 66.8 Å². The van der Waals surface area contributed by atoms with E-state index in [0.29, 0.717) is 0 Å². The average molecular weight is 842 g/mol. The second-order valence-corrected chi connectivity index (χ2v) is 16.9. The molecule has 0 unspecified atom stereocenters. The van der Waals surface area contributed by atoms with Crippen LogP contribution < -0.4 is 4.90 Å². The average Bonchev–Trinajstić information content (AvgIpc) is 3.78. The Morgan fingerprint density at radius 1 is 0.242 bits per heavy atom. The van der Waals surface area contributed by atoms with Crippen LogP contribution in [0.4, 0.5) is 17.1 Å². The third-order valence-corrected chi connectivity index (χ3v) is 12.9. The Morgan fingerprint density at radius 3 is 1.38 bits per heavy atom. The molecule has 0 aliphatic rings. The summed E-state index contributed by atoms with van der Waals surface area (Å²) in [5.74, 6) is 0. The molecule has 0 atom stereocenters. The topological polar surface area (TPSA) is 16.4 Å². The molecule has 0 fully saturated rings. The number of nitrogens with zero attached hydrogens (tertiary/aromatic N) is 1. The zero-order chi connectivity index (χ0) is 43.8. The lowest BCUT2D eigenvalue weighted by Crippen LogP contribution is -2.11. The van der Waals surface area contributed by atoms with Gasteiger partial charge < -0.3 is 9.32 Å². The predicted molar refractivity (Wildman–Crippen MR) is 279 cm³/mol. The molecule has 1 aromatic heterocycles. The summed E-state index contributed by atoms with van der Waals surface area (Å²) in [6, 6.07) is 93.9. The molecular formula is C64H43NO. The number of anilines is 3. The quantitative estimate of drug-likeness (QED) is 0.144. The maximum absolute atomic E-state index is 6.15. The lowest BCUT2D eigenvalue weighted by Gasteiger charge is -2.28. The van der Waals surface area contributed by atoms with E-state index in [4.69, 9.17) is 4.42 Å². The van der Waals surface area contributed by atoms with E-state index >= 15 is 0 Å². The van der Waals surface area contributed by atoms with Crippen molar-refractivity contribution in [2.75, 3.05) is 4.90 Å². The molecule has 0 saturated carbocycles. The third kappa shape index (κ3) is 7.41. The van der Waals surface area contributed by atoms with Crippen LogP contribution >= 0.6 is 0 Å². The lowest BCUT2D eigenvalue weighted by molar-refractivity contribution is 0.669. The molecule has 2 heteroatoms. The number of hydrogen-bond donors (Lipinski definition) is 0. The van der Waals surface area contributed by atoms with Crippen molar-refractivity contribution in [1.29, 1.82) is 0 Å². The molecule has 0 N–H and O–H groups in total. The molecule has 0 aliphatic carbocycles. The van der Waals surface area contributed by atoms with Crippen LogP contribution in [-0.4, -0.2) is 0 Å². The van der Waals surface area contributed by atoms with E-state index < -0.39 is 0 Å². The largest absolute Gasteiger partial charge is 0.456 e. The number of benzene rings is 11. The first kappa shape index (κ1) is 38.9. The van der Waals surface area contributed by atoms with Gasteiger partial charge in [0.1, 0.15) is 11.2 Å². The molecule has 310 valence electrons. The van der Waals surface area contributed by atoms with Crippen molar-refractivity contribution in [3.8, 4) is 66.8 Å². The first-order valence-electron chi connectivity index (χ1n) is 22.6. The summed E-state index contributed by atoms with van der Waals surface area (Å²) >= 11 is 0. The number of para-hydroxylation sites is 2. The van der Waals surface area contributed by atoms with Gasteiger partial charge in [0.25, 0.3) is 0 Å². The zero-order valence-corrected chi connectivity index (χ0v) is 36.2. The fraction of sp³-hybridized carbons (Fsp3) is 0. The van der Waals surface area contributed by atoms with Gasteiger partial charge >= 0.3 is 0 Å². The predicted octanol–water partition coefficient (Wildman–Crippen LogP) is 18.2. The summed E-state index contributed by atoms with van der Waals surface area (Å²) in [4.78, 5) is 2.38. The van der Waals surface area contributed by atoms with E-state index in [-0.39, 0.29) is 0 Å². The number of furan rings is 1. The van der Waals surface area contributed by atoms with Crippen LogP contribution in [0.25, 0.3) is 99.5 Å². The highest BCUT2D eigenvalue weighted by molar-refractivity contribution is 6.06.